The first kappa shape index (κ1) is 12.1. The summed E-state index contributed by atoms with van der Waals surface area (Å²) < 4.78 is 5.68. The van der Waals surface area contributed by atoms with Crippen LogP contribution in [0.25, 0.3) is 0 Å². The second-order valence-electron chi connectivity index (χ2n) is 3.42. The Morgan fingerprint density at radius 3 is 2.53 bits per heavy atom. The lowest BCUT2D eigenvalue weighted by molar-refractivity contribution is 0.188. The van der Waals surface area contributed by atoms with Crippen LogP contribution in [0.5, 0.6) is 0 Å². The van der Waals surface area contributed by atoms with Crippen molar-refractivity contribution in [1.82, 2.24) is 0 Å². The van der Waals surface area contributed by atoms with Gasteiger partial charge < -0.3 is 4.74 Å². The third-order valence-electron chi connectivity index (χ3n) is 2.16. The van der Waals surface area contributed by atoms with Crippen molar-refractivity contribution in [2.45, 2.75) is 33.3 Å². The number of hydrogen-bond acceptors (Lipinski definition) is 1. The van der Waals surface area contributed by atoms with Crippen LogP contribution in [-0.2, 0) is 11.3 Å². The summed E-state index contributed by atoms with van der Waals surface area (Å²) in [6.07, 6.45) is 4.14. The Hall–Kier alpha value is -0.950. The standard InChI is InChI=1S/C13H17ClO/c1-3-5-13(4-2)15-10-11-6-8-12(14)9-7-11/h4,6-9H,3,5,10H2,1-2H3/b13-4-. The average molecular weight is 225 g/mol. The predicted octanol–water partition coefficient (Wildman–Crippen LogP) is 4.56. The van der Waals surface area contributed by atoms with Crippen molar-refractivity contribution in [3.05, 3.63) is 46.7 Å². The molecule has 1 rings (SSSR count). The van der Waals surface area contributed by atoms with E-state index in [4.69, 9.17) is 16.3 Å². The van der Waals surface area contributed by atoms with E-state index in [9.17, 15) is 0 Å². The first-order valence-corrected chi connectivity index (χ1v) is 5.66. The number of rotatable bonds is 5. The molecule has 0 atom stereocenters. The summed E-state index contributed by atoms with van der Waals surface area (Å²) in [5, 5.41) is 0.763. The number of halogens is 1. The zero-order valence-electron chi connectivity index (χ0n) is 9.29. The quantitative estimate of drug-likeness (QED) is 0.667. The molecule has 0 amide bonds. The Morgan fingerprint density at radius 1 is 1.33 bits per heavy atom. The molecule has 0 aliphatic carbocycles. The zero-order chi connectivity index (χ0) is 11.1. The number of ether oxygens (including phenoxy) is 1. The maximum Gasteiger partial charge on any atom is 0.113 e. The van der Waals surface area contributed by atoms with Gasteiger partial charge in [-0.2, -0.15) is 0 Å². The molecule has 1 aromatic rings. The van der Waals surface area contributed by atoms with Gasteiger partial charge in [-0.25, -0.2) is 0 Å². The van der Waals surface area contributed by atoms with E-state index in [1.54, 1.807) is 0 Å². The normalized spacial score (nSPS) is 11.5. The number of hydrogen-bond donors (Lipinski definition) is 0. The molecular weight excluding hydrogens is 208 g/mol. The van der Waals surface area contributed by atoms with Gasteiger partial charge in [0.05, 0.1) is 5.76 Å². The number of benzene rings is 1. The molecule has 0 aliphatic heterocycles. The van der Waals surface area contributed by atoms with Crippen LogP contribution in [0.1, 0.15) is 32.3 Å². The van der Waals surface area contributed by atoms with Gasteiger partial charge in [0.1, 0.15) is 6.61 Å². The highest BCUT2D eigenvalue weighted by Crippen LogP contribution is 2.13. The summed E-state index contributed by atoms with van der Waals surface area (Å²) in [6, 6.07) is 7.74. The largest absolute Gasteiger partial charge is 0.494 e. The van der Waals surface area contributed by atoms with Crippen molar-refractivity contribution in [2.24, 2.45) is 0 Å². The van der Waals surface area contributed by atoms with Gasteiger partial charge in [-0.15, -0.1) is 0 Å². The van der Waals surface area contributed by atoms with Crippen LogP contribution in [0, 0.1) is 0 Å². The summed E-state index contributed by atoms with van der Waals surface area (Å²) in [5.41, 5.74) is 1.15. The fourth-order valence-corrected chi connectivity index (χ4v) is 1.43. The Kier molecular flexibility index (Phi) is 5.27. The fourth-order valence-electron chi connectivity index (χ4n) is 1.30. The Bertz CT molecular complexity index is 314. The third-order valence-corrected chi connectivity index (χ3v) is 2.41. The fraction of sp³-hybridized carbons (Fsp3) is 0.385. The molecule has 1 aromatic carbocycles. The Labute approximate surface area is 96.7 Å². The van der Waals surface area contributed by atoms with E-state index >= 15 is 0 Å². The topological polar surface area (TPSA) is 9.23 Å². The minimum atomic E-state index is 0.622. The van der Waals surface area contributed by atoms with Crippen LogP contribution < -0.4 is 0 Å². The van der Waals surface area contributed by atoms with Gasteiger partial charge in [-0.05, 0) is 37.1 Å². The van der Waals surface area contributed by atoms with E-state index in [-0.39, 0.29) is 0 Å². The van der Waals surface area contributed by atoms with Crippen molar-refractivity contribution < 1.29 is 4.74 Å². The molecule has 0 fully saturated rings. The molecule has 0 saturated heterocycles. The lowest BCUT2D eigenvalue weighted by atomic mass is 10.2. The van der Waals surface area contributed by atoms with Crippen molar-refractivity contribution in [2.75, 3.05) is 0 Å². The van der Waals surface area contributed by atoms with Gasteiger partial charge in [0.2, 0.25) is 0 Å². The summed E-state index contributed by atoms with van der Waals surface area (Å²) >= 11 is 5.80. The van der Waals surface area contributed by atoms with Crippen molar-refractivity contribution in [3.63, 3.8) is 0 Å². The van der Waals surface area contributed by atoms with Crippen LogP contribution in [0.15, 0.2) is 36.1 Å². The minimum Gasteiger partial charge on any atom is -0.494 e. The lowest BCUT2D eigenvalue weighted by Gasteiger charge is -2.09. The van der Waals surface area contributed by atoms with Gasteiger partial charge in [0.15, 0.2) is 0 Å². The molecule has 0 unspecified atom stereocenters. The van der Waals surface area contributed by atoms with Crippen molar-refractivity contribution in [1.29, 1.82) is 0 Å². The smallest absolute Gasteiger partial charge is 0.113 e. The van der Waals surface area contributed by atoms with E-state index in [2.05, 4.69) is 6.92 Å². The van der Waals surface area contributed by atoms with Crippen molar-refractivity contribution in [3.8, 4) is 0 Å². The van der Waals surface area contributed by atoms with Crippen LogP contribution in [0.2, 0.25) is 5.02 Å². The maximum absolute atomic E-state index is 5.80. The first-order chi connectivity index (χ1) is 7.26. The second kappa shape index (κ2) is 6.52. The Morgan fingerprint density at radius 2 is 2.00 bits per heavy atom. The van der Waals surface area contributed by atoms with Crippen molar-refractivity contribution >= 4 is 11.6 Å². The van der Waals surface area contributed by atoms with E-state index in [1.807, 2.05) is 37.3 Å². The highest BCUT2D eigenvalue weighted by atomic mass is 35.5. The molecule has 0 N–H and O–H groups in total. The highest BCUT2D eigenvalue weighted by molar-refractivity contribution is 6.30. The maximum atomic E-state index is 5.80. The van der Waals surface area contributed by atoms with Crippen LogP contribution in [0.3, 0.4) is 0 Å². The highest BCUT2D eigenvalue weighted by Gasteiger charge is 1.97. The van der Waals surface area contributed by atoms with Crippen LogP contribution >= 0.6 is 11.6 Å². The number of allylic oxidation sites excluding steroid dienone is 2. The lowest BCUT2D eigenvalue weighted by Crippen LogP contribution is -1.93. The molecule has 0 aliphatic rings. The SMILES string of the molecule is C/C=C(/CCC)OCc1ccc(Cl)cc1. The minimum absolute atomic E-state index is 0.622. The molecular formula is C13H17ClO. The van der Waals surface area contributed by atoms with E-state index in [0.29, 0.717) is 6.61 Å². The summed E-state index contributed by atoms with van der Waals surface area (Å²) in [5.74, 6) is 1.06. The monoisotopic (exact) mass is 224 g/mol. The van der Waals surface area contributed by atoms with Gasteiger partial charge >= 0.3 is 0 Å². The zero-order valence-corrected chi connectivity index (χ0v) is 10.1. The first-order valence-electron chi connectivity index (χ1n) is 5.28. The molecule has 0 heterocycles. The molecule has 15 heavy (non-hydrogen) atoms. The summed E-state index contributed by atoms with van der Waals surface area (Å²) in [4.78, 5) is 0. The molecule has 2 heteroatoms. The van der Waals surface area contributed by atoms with Gasteiger partial charge in [-0.3, -0.25) is 0 Å². The molecule has 0 spiro atoms. The molecule has 0 bridgehead atoms. The summed E-state index contributed by atoms with van der Waals surface area (Å²) in [6.45, 7) is 4.78. The van der Waals surface area contributed by atoms with E-state index in [0.717, 1.165) is 29.2 Å². The second-order valence-corrected chi connectivity index (χ2v) is 3.86. The van der Waals surface area contributed by atoms with Crippen LogP contribution in [0.4, 0.5) is 0 Å². The summed E-state index contributed by atoms with van der Waals surface area (Å²) in [7, 11) is 0. The van der Waals surface area contributed by atoms with Gasteiger partial charge in [0, 0.05) is 11.4 Å². The van der Waals surface area contributed by atoms with E-state index in [1.165, 1.54) is 0 Å². The Balaban J connectivity index is 2.46. The predicted molar refractivity (Wildman–Crippen MR) is 64.9 cm³/mol. The molecule has 1 nitrogen and oxygen atoms in total. The third kappa shape index (κ3) is 4.39. The van der Waals surface area contributed by atoms with Crippen LogP contribution in [-0.4, -0.2) is 0 Å². The van der Waals surface area contributed by atoms with Gasteiger partial charge in [-0.1, -0.05) is 30.7 Å². The van der Waals surface area contributed by atoms with E-state index < -0.39 is 0 Å². The average Bonchev–Trinajstić information content (AvgIpc) is 2.26. The molecule has 82 valence electrons. The molecule has 0 saturated carbocycles. The molecule has 0 radical (unpaired) electrons. The molecule has 0 aromatic heterocycles. The van der Waals surface area contributed by atoms with Gasteiger partial charge in [0.25, 0.3) is 0 Å².